The number of fused-ring (bicyclic) bond motifs is 1. The van der Waals surface area contributed by atoms with Crippen LogP contribution in [0.3, 0.4) is 0 Å². The fourth-order valence-electron chi connectivity index (χ4n) is 1.92. The van der Waals surface area contributed by atoms with Gasteiger partial charge in [0.2, 0.25) is 0 Å². The minimum Gasteiger partial charge on any atom is -0.294 e. The van der Waals surface area contributed by atoms with E-state index in [2.05, 4.69) is 18.8 Å². The van der Waals surface area contributed by atoms with E-state index < -0.39 is 0 Å². The van der Waals surface area contributed by atoms with Gasteiger partial charge in [0.1, 0.15) is 5.82 Å². The maximum atomic E-state index is 12.6. The van der Waals surface area contributed by atoms with Crippen LogP contribution in [0.5, 0.6) is 0 Å². The van der Waals surface area contributed by atoms with E-state index in [4.69, 9.17) is 11.6 Å². The molecule has 0 saturated carbocycles. The zero-order valence-electron chi connectivity index (χ0n) is 11.3. The van der Waals surface area contributed by atoms with Crippen molar-refractivity contribution in [2.75, 3.05) is 6.26 Å². The van der Waals surface area contributed by atoms with Gasteiger partial charge in [-0.2, -0.15) is 11.8 Å². The highest BCUT2D eigenvalue weighted by molar-refractivity contribution is 7.99. The van der Waals surface area contributed by atoms with E-state index in [0.29, 0.717) is 23.3 Å². The van der Waals surface area contributed by atoms with Crippen molar-refractivity contribution in [2.24, 2.45) is 0 Å². The summed E-state index contributed by atoms with van der Waals surface area (Å²) in [5, 5.41) is 0.647. The summed E-state index contributed by atoms with van der Waals surface area (Å²) in [6.07, 6.45) is 2.04. The molecule has 3 nitrogen and oxygen atoms in total. The molecule has 0 saturated heterocycles. The zero-order chi connectivity index (χ0) is 14.0. The van der Waals surface area contributed by atoms with E-state index >= 15 is 0 Å². The van der Waals surface area contributed by atoms with E-state index in [1.165, 1.54) is 0 Å². The molecule has 0 spiro atoms. The molecule has 0 unspecified atom stereocenters. The molecule has 0 aliphatic rings. The predicted octanol–water partition coefficient (Wildman–Crippen LogP) is 3.28. The number of alkyl halides is 1. The van der Waals surface area contributed by atoms with Gasteiger partial charge in [0.05, 0.1) is 16.8 Å². The Hall–Kier alpha value is -1.00. The highest BCUT2D eigenvalue weighted by atomic mass is 35.5. The Morgan fingerprint density at radius 1 is 1.37 bits per heavy atom. The van der Waals surface area contributed by atoms with Crippen molar-refractivity contribution in [3.63, 3.8) is 0 Å². The van der Waals surface area contributed by atoms with E-state index in [9.17, 15) is 4.79 Å². The van der Waals surface area contributed by atoms with Crippen LogP contribution in [-0.4, -0.2) is 20.6 Å². The van der Waals surface area contributed by atoms with Crippen LogP contribution in [0.2, 0.25) is 0 Å². The number of rotatable bonds is 4. The lowest BCUT2D eigenvalue weighted by molar-refractivity contribution is 0.535. The molecule has 1 heterocycles. The average Bonchev–Trinajstić information content (AvgIpc) is 2.41. The second-order valence-corrected chi connectivity index (χ2v) is 6.81. The molecule has 1 aromatic carbocycles. The molecule has 0 bridgehead atoms. The largest absolute Gasteiger partial charge is 0.294 e. The molecule has 2 rings (SSSR count). The normalized spacial score (nSPS) is 12.0. The smallest absolute Gasteiger partial charge is 0.261 e. The van der Waals surface area contributed by atoms with Crippen molar-refractivity contribution in [1.29, 1.82) is 0 Å². The second-order valence-electron chi connectivity index (χ2n) is 5.03. The molecule has 1 aromatic heterocycles. The number of halogens is 1. The van der Waals surface area contributed by atoms with Crippen LogP contribution in [0.4, 0.5) is 0 Å². The van der Waals surface area contributed by atoms with E-state index in [-0.39, 0.29) is 16.2 Å². The fourth-order valence-corrected chi connectivity index (χ4v) is 2.39. The van der Waals surface area contributed by atoms with Gasteiger partial charge in [0.25, 0.3) is 5.56 Å². The first-order valence-corrected chi connectivity index (χ1v) is 7.84. The molecule has 5 heteroatoms. The number of hydrogen-bond donors (Lipinski definition) is 0. The van der Waals surface area contributed by atoms with Gasteiger partial charge in [0, 0.05) is 11.3 Å². The molecule has 0 amide bonds. The zero-order valence-corrected chi connectivity index (χ0v) is 12.9. The van der Waals surface area contributed by atoms with Crippen molar-refractivity contribution in [2.45, 2.75) is 31.0 Å². The van der Waals surface area contributed by atoms with Gasteiger partial charge in [-0.05, 0) is 32.2 Å². The summed E-state index contributed by atoms with van der Waals surface area (Å²) in [5.41, 5.74) is 0.699. The summed E-state index contributed by atoms with van der Waals surface area (Å²) in [4.78, 5) is 17.1. The second kappa shape index (κ2) is 5.55. The average molecular weight is 297 g/mol. The summed E-state index contributed by atoms with van der Waals surface area (Å²) < 4.78 is 1.67. The number of para-hydroxylation sites is 1. The lowest BCUT2D eigenvalue weighted by atomic mass is 10.2. The lowest BCUT2D eigenvalue weighted by Crippen LogP contribution is -2.33. The van der Waals surface area contributed by atoms with E-state index in [1.807, 2.05) is 30.5 Å². The Morgan fingerprint density at radius 3 is 2.68 bits per heavy atom. The molecule has 2 aromatic rings. The molecule has 0 aliphatic heterocycles. The highest BCUT2D eigenvalue weighted by Crippen LogP contribution is 2.23. The van der Waals surface area contributed by atoms with Crippen LogP contribution in [0.15, 0.2) is 29.1 Å². The van der Waals surface area contributed by atoms with E-state index in [0.717, 1.165) is 0 Å². The number of aromatic nitrogens is 2. The fraction of sp³-hybridized carbons (Fsp3) is 0.429. The van der Waals surface area contributed by atoms with Crippen molar-refractivity contribution >= 4 is 34.3 Å². The maximum Gasteiger partial charge on any atom is 0.261 e. The standard InChI is InChI=1S/C14H17ClN2OS/c1-14(2,19-3)9-17-12(8-15)16-11-7-5-4-6-10(11)13(17)18/h4-7H,8-9H2,1-3H3. The molecule has 0 atom stereocenters. The molecule has 102 valence electrons. The van der Waals surface area contributed by atoms with Crippen LogP contribution in [0.25, 0.3) is 10.9 Å². The minimum absolute atomic E-state index is 0.0108. The number of nitrogens with zero attached hydrogens (tertiary/aromatic N) is 2. The van der Waals surface area contributed by atoms with Gasteiger partial charge in [-0.25, -0.2) is 4.98 Å². The topological polar surface area (TPSA) is 34.9 Å². The molecular formula is C14H17ClN2OS. The first-order valence-electron chi connectivity index (χ1n) is 6.08. The van der Waals surface area contributed by atoms with Gasteiger partial charge in [-0.3, -0.25) is 9.36 Å². The summed E-state index contributed by atoms with van der Waals surface area (Å²) in [6, 6.07) is 7.39. The number of thioether (sulfide) groups is 1. The van der Waals surface area contributed by atoms with Crippen LogP contribution in [0.1, 0.15) is 19.7 Å². The number of benzene rings is 1. The molecule has 19 heavy (non-hydrogen) atoms. The summed E-state index contributed by atoms with van der Waals surface area (Å²) >= 11 is 7.67. The Balaban J connectivity index is 2.65. The maximum absolute atomic E-state index is 12.6. The van der Waals surface area contributed by atoms with Crippen LogP contribution in [0, 0.1) is 0 Å². The first kappa shape index (κ1) is 14.4. The summed E-state index contributed by atoms with van der Waals surface area (Å²) in [6.45, 7) is 4.82. The molecule has 0 fully saturated rings. The first-order chi connectivity index (χ1) is 8.98. The quantitative estimate of drug-likeness (QED) is 0.812. The summed E-state index contributed by atoms with van der Waals surface area (Å²) in [5.74, 6) is 0.873. The minimum atomic E-state index is -0.0330. The third-order valence-corrected chi connectivity index (χ3v) is 4.63. The van der Waals surface area contributed by atoms with Gasteiger partial charge < -0.3 is 0 Å². The lowest BCUT2D eigenvalue weighted by Gasteiger charge is -2.24. The number of hydrogen-bond acceptors (Lipinski definition) is 3. The van der Waals surface area contributed by atoms with Crippen LogP contribution in [-0.2, 0) is 12.4 Å². The van der Waals surface area contributed by atoms with Crippen LogP contribution < -0.4 is 5.56 Å². The SMILES string of the molecule is CSC(C)(C)Cn1c(CCl)nc2ccccc2c1=O. The van der Waals surface area contributed by atoms with Crippen molar-refractivity contribution in [3.05, 3.63) is 40.4 Å². The van der Waals surface area contributed by atoms with E-state index in [1.54, 1.807) is 16.3 Å². The molecule has 0 radical (unpaired) electrons. The highest BCUT2D eigenvalue weighted by Gasteiger charge is 2.20. The van der Waals surface area contributed by atoms with Crippen molar-refractivity contribution in [1.82, 2.24) is 9.55 Å². The van der Waals surface area contributed by atoms with Crippen molar-refractivity contribution in [3.8, 4) is 0 Å². The predicted molar refractivity (Wildman–Crippen MR) is 83.2 cm³/mol. The molecule has 0 N–H and O–H groups in total. The Kier molecular flexibility index (Phi) is 4.21. The summed E-state index contributed by atoms with van der Waals surface area (Å²) in [7, 11) is 0. The van der Waals surface area contributed by atoms with Gasteiger partial charge in [-0.1, -0.05) is 12.1 Å². The molecular weight excluding hydrogens is 280 g/mol. The van der Waals surface area contributed by atoms with Crippen molar-refractivity contribution < 1.29 is 0 Å². The van der Waals surface area contributed by atoms with Gasteiger partial charge in [-0.15, -0.1) is 11.6 Å². The Morgan fingerprint density at radius 2 is 2.05 bits per heavy atom. The Bertz CT molecular complexity index is 651. The van der Waals surface area contributed by atoms with Crippen LogP contribution >= 0.6 is 23.4 Å². The van der Waals surface area contributed by atoms with Gasteiger partial charge in [0.15, 0.2) is 0 Å². The monoisotopic (exact) mass is 296 g/mol. The third kappa shape index (κ3) is 2.95. The molecule has 0 aliphatic carbocycles. The Labute approximate surface area is 122 Å². The third-order valence-electron chi connectivity index (χ3n) is 3.15. The van der Waals surface area contributed by atoms with Gasteiger partial charge >= 0.3 is 0 Å².